The van der Waals surface area contributed by atoms with Crippen molar-refractivity contribution in [2.75, 3.05) is 23.5 Å². The van der Waals surface area contributed by atoms with Crippen molar-refractivity contribution >= 4 is 54.3 Å². The summed E-state index contributed by atoms with van der Waals surface area (Å²) in [5.41, 5.74) is 1.59. The summed E-state index contributed by atoms with van der Waals surface area (Å²) in [4.78, 5) is 19.0. The lowest BCUT2D eigenvalue weighted by Crippen LogP contribution is -2.37. The van der Waals surface area contributed by atoms with Crippen LogP contribution >= 0.6 is 27.7 Å². The van der Waals surface area contributed by atoms with Crippen LogP contribution in [0.15, 0.2) is 58.0 Å². The highest BCUT2D eigenvalue weighted by molar-refractivity contribution is 9.10. The summed E-state index contributed by atoms with van der Waals surface area (Å²) in [5.74, 6) is 0.524. The van der Waals surface area contributed by atoms with E-state index in [-0.39, 0.29) is 35.1 Å². The Labute approximate surface area is 182 Å². The number of rotatable bonds is 4. The maximum absolute atomic E-state index is 12.7. The smallest absolute Gasteiger partial charge is 0.252 e. The maximum Gasteiger partial charge on any atom is 0.252 e. The second-order valence-electron chi connectivity index (χ2n) is 6.93. The van der Waals surface area contributed by atoms with Gasteiger partial charge < -0.3 is 9.64 Å². The molecule has 2 heterocycles. The van der Waals surface area contributed by atoms with E-state index in [1.54, 1.807) is 7.11 Å². The molecule has 0 saturated carbocycles. The highest BCUT2D eigenvalue weighted by atomic mass is 79.9. The van der Waals surface area contributed by atoms with Gasteiger partial charge in [-0.05, 0) is 24.3 Å². The summed E-state index contributed by atoms with van der Waals surface area (Å²) in [6, 6.07) is 14.7. The Hall–Kier alpha value is -1.84. The highest BCUT2D eigenvalue weighted by Crippen LogP contribution is 2.41. The largest absolute Gasteiger partial charge is 0.496 e. The molecule has 2 fully saturated rings. The molecule has 1 amide bonds. The van der Waals surface area contributed by atoms with Crippen LogP contribution in [0.2, 0.25) is 0 Å². The number of amidine groups is 1. The zero-order valence-corrected chi connectivity index (χ0v) is 18.8. The number of aliphatic imine (C=N–C) groups is 1. The predicted octanol–water partition coefficient (Wildman–Crippen LogP) is 3.30. The first-order chi connectivity index (χ1) is 13.9. The standard InChI is InChI=1S/C20H19BrN2O4S2/c1-27-17-8-3-2-5-13(17)9-19(24)22-20-23(15-7-4-6-14(21)10-15)16-11-29(25,26)12-18(16)28-20/h2-8,10,16,18H,9,11-12H2,1H3. The molecule has 2 atom stereocenters. The van der Waals surface area contributed by atoms with Crippen LogP contribution in [-0.4, -0.2) is 49.4 Å². The number of sulfone groups is 1. The van der Waals surface area contributed by atoms with Crippen LogP contribution in [0.3, 0.4) is 0 Å². The van der Waals surface area contributed by atoms with Gasteiger partial charge in [-0.25, -0.2) is 8.42 Å². The molecular weight excluding hydrogens is 476 g/mol. The number of benzene rings is 2. The molecule has 152 valence electrons. The number of hydrogen-bond acceptors (Lipinski definition) is 5. The number of anilines is 1. The Morgan fingerprint density at radius 1 is 1.24 bits per heavy atom. The topological polar surface area (TPSA) is 76.0 Å². The molecule has 6 nitrogen and oxygen atoms in total. The Morgan fingerprint density at radius 2 is 2.03 bits per heavy atom. The number of para-hydroxylation sites is 1. The molecular formula is C20H19BrN2O4S2. The molecule has 9 heteroatoms. The van der Waals surface area contributed by atoms with Crippen LogP contribution in [0.4, 0.5) is 5.69 Å². The van der Waals surface area contributed by atoms with Crippen molar-refractivity contribution in [1.82, 2.24) is 0 Å². The van der Waals surface area contributed by atoms with Crippen molar-refractivity contribution in [3.8, 4) is 5.75 Å². The van der Waals surface area contributed by atoms with Gasteiger partial charge in [-0.3, -0.25) is 4.79 Å². The summed E-state index contributed by atoms with van der Waals surface area (Å²) in [6.45, 7) is 0. The molecule has 2 aliphatic rings. The van der Waals surface area contributed by atoms with E-state index in [0.29, 0.717) is 10.9 Å². The van der Waals surface area contributed by atoms with Crippen molar-refractivity contribution in [2.45, 2.75) is 17.7 Å². The van der Waals surface area contributed by atoms with E-state index in [1.165, 1.54) is 11.8 Å². The molecule has 0 spiro atoms. The van der Waals surface area contributed by atoms with E-state index in [2.05, 4.69) is 20.9 Å². The zero-order valence-electron chi connectivity index (χ0n) is 15.6. The molecule has 2 unspecified atom stereocenters. The number of nitrogens with zero attached hydrogens (tertiary/aromatic N) is 2. The van der Waals surface area contributed by atoms with Gasteiger partial charge in [0.1, 0.15) is 5.75 Å². The molecule has 0 radical (unpaired) electrons. The van der Waals surface area contributed by atoms with Gasteiger partial charge in [-0.2, -0.15) is 4.99 Å². The van der Waals surface area contributed by atoms with Crippen molar-refractivity contribution in [3.05, 3.63) is 58.6 Å². The summed E-state index contributed by atoms with van der Waals surface area (Å²) < 4.78 is 30.5. The van der Waals surface area contributed by atoms with Gasteiger partial charge in [0.25, 0.3) is 5.91 Å². The van der Waals surface area contributed by atoms with E-state index in [0.717, 1.165) is 15.7 Å². The van der Waals surface area contributed by atoms with Crippen LogP contribution in [0.25, 0.3) is 0 Å². The third-order valence-electron chi connectivity index (χ3n) is 4.91. The molecule has 0 N–H and O–H groups in total. The maximum atomic E-state index is 12.7. The lowest BCUT2D eigenvalue weighted by atomic mass is 10.1. The third-order valence-corrected chi connectivity index (χ3v) is 8.61. The van der Waals surface area contributed by atoms with Gasteiger partial charge in [0.15, 0.2) is 15.0 Å². The predicted molar refractivity (Wildman–Crippen MR) is 120 cm³/mol. The number of halogens is 1. The minimum Gasteiger partial charge on any atom is -0.496 e. The molecule has 0 aromatic heterocycles. The minimum atomic E-state index is -3.10. The Bertz CT molecular complexity index is 1090. The molecule has 2 aromatic rings. The first-order valence-electron chi connectivity index (χ1n) is 9.01. The van der Waals surface area contributed by atoms with Crippen molar-refractivity contribution in [3.63, 3.8) is 0 Å². The van der Waals surface area contributed by atoms with Crippen molar-refractivity contribution in [2.24, 2.45) is 4.99 Å². The summed E-state index contributed by atoms with van der Waals surface area (Å²) in [6.07, 6.45) is 0.119. The zero-order chi connectivity index (χ0) is 20.6. The fourth-order valence-electron chi connectivity index (χ4n) is 3.65. The molecule has 4 rings (SSSR count). The second-order valence-corrected chi connectivity index (χ2v) is 11.2. The van der Waals surface area contributed by atoms with Crippen LogP contribution in [0.5, 0.6) is 5.75 Å². The highest BCUT2D eigenvalue weighted by Gasteiger charge is 2.49. The van der Waals surface area contributed by atoms with Crippen molar-refractivity contribution in [1.29, 1.82) is 0 Å². The number of amides is 1. The van der Waals surface area contributed by atoms with E-state index >= 15 is 0 Å². The van der Waals surface area contributed by atoms with Crippen LogP contribution < -0.4 is 9.64 Å². The van der Waals surface area contributed by atoms with E-state index in [9.17, 15) is 13.2 Å². The molecule has 0 aliphatic carbocycles. The van der Waals surface area contributed by atoms with Gasteiger partial charge in [0.05, 0.1) is 31.1 Å². The van der Waals surface area contributed by atoms with E-state index < -0.39 is 9.84 Å². The van der Waals surface area contributed by atoms with Crippen LogP contribution in [0.1, 0.15) is 5.56 Å². The van der Waals surface area contributed by atoms with Gasteiger partial charge in [-0.1, -0.05) is 52.0 Å². The fraction of sp³-hybridized carbons (Fsp3) is 0.300. The number of fused-ring (bicyclic) bond motifs is 1. The van der Waals surface area contributed by atoms with Crippen LogP contribution in [0, 0.1) is 0 Å². The SMILES string of the molecule is COc1ccccc1CC(=O)N=C1SC2CS(=O)(=O)CC2N1c1cccc(Br)c1. The average Bonchev–Trinajstić information content (AvgIpc) is 3.12. The molecule has 0 bridgehead atoms. The number of thioether (sulfide) groups is 1. The summed E-state index contributed by atoms with van der Waals surface area (Å²) >= 11 is 4.83. The van der Waals surface area contributed by atoms with Gasteiger partial charge in [0.2, 0.25) is 0 Å². The second kappa shape index (κ2) is 8.12. The Balaban J connectivity index is 1.65. The number of ether oxygens (including phenoxy) is 1. The summed E-state index contributed by atoms with van der Waals surface area (Å²) in [5, 5.41) is 0.421. The first-order valence-corrected chi connectivity index (χ1v) is 12.5. The Kier molecular flexibility index (Phi) is 5.72. The number of hydrogen-bond donors (Lipinski definition) is 0. The molecule has 2 aliphatic heterocycles. The fourth-order valence-corrected chi connectivity index (χ4v) is 7.97. The molecule has 29 heavy (non-hydrogen) atoms. The minimum absolute atomic E-state index is 0.0664. The molecule has 2 saturated heterocycles. The van der Waals surface area contributed by atoms with Gasteiger partial charge >= 0.3 is 0 Å². The quantitative estimate of drug-likeness (QED) is 0.648. The van der Waals surface area contributed by atoms with E-state index in [4.69, 9.17) is 4.74 Å². The lowest BCUT2D eigenvalue weighted by molar-refractivity contribution is -0.117. The Morgan fingerprint density at radius 3 is 2.79 bits per heavy atom. The summed E-state index contributed by atoms with van der Waals surface area (Å²) in [7, 11) is -1.53. The third kappa shape index (κ3) is 4.36. The first kappa shape index (κ1) is 20.4. The van der Waals surface area contributed by atoms with E-state index in [1.807, 2.05) is 53.4 Å². The van der Waals surface area contributed by atoms with Crippen molar-refractivity contribution < 1.29 is 17.9 Å². The van der Waals surface area contributed by atoms with Gasteiger partial charge in [0, 0.05) is 21.0 Å². The average molecular weight is 495 g/mol. The number of carbonyl (C=O) groups excluding carboxylic acids is 1. The monoisotopic (exact) mass is 494 g/mol. The lowest BCUT2D eigenvalue weighted by Gasteiger charge is -2.24. The normalized spacial score (nSPS) is 23.9. The number of carbonyl (C=O) groups is 1. The number of methoxy groups -OCH3 is 1. The van der Waals surface area contributed by atoms with Crippen LogP contribution in [-0.2, 0) is 21.1 Å². The van der Waals surface area contributed by atoms with Gasteiger partial charge in [-0.15, -0.1) is 0 Å². The molecule has 2 aromatic carbocycles.